The Morgan fingerprint density at radius 3 is 2.52 bits per heavy atom. The SMILES string of the molecule is CCCCCCc1nc2n(-c3ccccc3)[nH]c(C(C)C)c-2c(=O)n1. The Labute approximate surface area is 148 Å². The molecule has 2 aliphatic heterocycles. The Balaban J connectivity index is 2.06. The van der Waals surface area contributed by atoms with Crippen molar-refractivity contribution in [1.29, 1.82) is 0 Å². The molecule has 0 unspecified atom stereocenters. The molecule has 0 amide bonds. The molecule has 1 N–H and O–H groups in total. The van der Waals surface area contributed by atoms with Crippen LogP contribution in [0, 0.1) is 0 Å². The van der Waals surface area contributed by atoms with E-state index in [1.165, 1.54) is 12.8 Å². The number of benzene rings is 1. The number of hydrogen-bond donors (Lipinski definition) is 1. The third-order valence-corrected chi connectivity index (χ3v) is 4.46. The topological polar surface area (TPSA) is 63.6 Å². The molecule has 0 bridgehead atoms. The number of H-pyrrole nitrogens is 1. The molecule has 5 heteroatoms. The van der Waals surface area contributed by atoms with Gasteiger partial charge in [0.2, 0.25) is 0 Å². The number of rotatable bonds is 7. The molecular formula is C20H26N4O. The second-order valence-corrected chi connectivity index (χ2v) is 6.81. The Hall–Kier alpha value is -2.43. The average Bonchev–Trinajstić information content (AvgIpc) is 3.00. The largest absolute Gasteiger partial charge is 0.295 e. The van der Waals surface area contributed by atoms with Crippen molar-refractivity contribution in [2.45, 2.75) is 58.8 Å². The first-order chi connectivity index (χ1) is 12.1. The lowest BCUT2D eigenvalue weighted by Crippen LogP contribution is -2.17. The summed E-state index contributed by atoms with van der Waals surface area (Å²) < 4.78 is 1.91. The summed E-state index contributed by atoms with van der Waals surface area (Å²) in [4.78, 5) is 21.7. The Kier molecular flexibility index (Phi) is 5.31. The first-order valence-electron chi connectivity index (χ1n) is 9.18. The zero-order valence-electron chi connectivity index (χ0n) is 15.2. The summed E-state index contributed by atoms with van der Waals surface area (Å²) in [5.74, 6) is 1.52. The molecule has 0 saturated heterocycles. The van der Waals surface area contributed by atoms with E-state index in [0.717, 1.165) is 30.6 Å². The zero-order chi connectivity index (χ0) is 17.8. The van der Waals surface area contributed by atoms with E-state index in [2.05, 4.69) is 30.9 Å². The van der Waals surface area contributed by atoms with Crippen LogP contribution in [0.1, 0.15) is 63.9 Å². The Morgan fingerprint density at radius 1 is 1.08 bits per heavy atom. The molecule has 0 saturated carbocycles. The monoisotopic (exact) mass is 338 g/mol. The van der Waals surface area contributed by atoms with Crippen LogP contribution in [0.15, 0.2) is 35.1 Å². The Bertz CT molecular complexity index is 848. The van der Waals surface area contributed by atoms with Crippen molar-refractivity contribution in [3.8, 4) is 17.1 Å². The van der Waals surface area contributed by atoms with Gasteiger partial charge >= 0.3 is 0 Å². The first-order valence-corrected chi connectivity index (χ1v) is 9.18. The maximum absolute atomic E-state index is 12.7. The number of fused-ring (bicyclic) bond motifs is 1. The van der Waals surface area contributed by atoms with E-state index in [1.54, 1.807) is 0 Å². The van der Waals surface area contributed by atoms with Crippen LogP contribution in [0.3, 0.4) is 0 Å². The van der Waals surface area contributed by atoms with Gasteiger partial charge in [-0.1, -0.05) is 58.2 Å². The third kappa shape index (κ3) is 3.65. The molecule has 0 aromatic heterocycles. The van der Waals surface area contributed by atoms with Gasteiger partial charge in [-0.25, -0.2) is 9.67 Å². The summed E-state index contributed by atoms with van der Waals surface area (Å²) >= 11 is 0. The maximum atomic E-state index is 12.7. The van der Waals surface area contributed by atoms with E-state index in [1.807, 2.05) is 35.0 Å². The van der Waals surface area contributed by atoms with E-state index in [9.17, 15) is 4.79 Å². The molecule has 132 valence electrons. The lowest BCUT2D eigenvalue weighted by atomic mass is 10.1. The van der Waals surface area contributed by atoms with Crippen LogP contribution in [0.5, 0.6) is 0 Å². The number of hydrogen-bond acceptors (Lipinski definition) is 3. The molecule has 3 rings (SSSR count). The van der Waals surface area contributed by atoms with Crippen LogP contribution in [-0.4, -0.2) is 19.7 Å². The van der Waals surface area contributed by atoms with Crippen LogP contribution in [-0.2, 0) is 6.42 Å². The van der Waals surface area contributed by atoms with Crippen molar-refractivity contribution in [3.05, 3.63) is 52.2 Å². The minimum Gasteiger partial charge on any atom is -0.295 e. The van der Waals surface area contributed by atoms with Crippen LogP contribution in [0.2, 0.25) is 0 Å². The van der Waals surface area contributed by atoms with Crippen molar-refractivity contribution in [2.24, 2.45) is 0 Å². The molecule has 25 heavy (non-hydrogen) atoms. The minimum absolute atomic E-state index is 0.176. The summed E-state index contributed by atoms with van der Waals surface area (Å²) in [6.45, 7) is 6.33. The standard InChI is InChI=1S/C20H26N4O/c1-4-5-6-10-13-16-21-19-17(20(25)22-16)18(14(2)3)23-24(19)15-11-8-7-9-12-15/h7-9,11-12,14,23H,4-6,10,13H2,1-3H3. The van der Waals surface area contributed by atoms with E-state index in [0.29, 0.717) is 17.2 Å². The van der Waals surface area contributed by atoms with E-state index in [4.69, 9.17) is 4.98 Å². The number of nitrogens with zero attached hydrogens (tertiary/aromatic N) is 3. The zero-order valence-corrected chi connectivity index (χ0v) is 15.2. The molecule has 1 aromatic carbocycles. The summed E-state index contributed by atoms with van der Waals surface area (Å²) in [6, 6.07) is 9.96. The van der Waals surface area contributed by atoms with Gasteiger partial charge in [0.25, 0.3) is 5.56 Å². The lowest BCUT2D eigenvalue weighted by molar-refractivity contribution is 0.649. The lowest BCUT2D eigenvalue weighted by Gasteiger charge is -2.07. The summed E-state index contributed by atoms with van der Waals surface area (Å²) in [5.41, 5.74) is 2.29. The first kappa shape index (κ1) is 17.4. The van der Waals surface area contributed by atoms with E-state index >= 15 is 0 Å². The van der Waals surface area contributed by atoms with E-state index < -0.39 is 0 Å². The van der Waals surface area contributed by atoms with Crippen LogP contribution < -0.4 is 5.56 Å². The van der Waals surface area contributed by atoms with Crippen LogP contribution in [0.4, 0.5) is 0 Å². The maximum Gasteiger partial charge on any atom is 0.284 e. The van der Waals surface area contributed by atoms with Crippen LogP contribution >= 0.6 is 0 Å². The van der Waals surface area contributed by atoms with Crippen molar-refractivity contribution >= 4 is 0 Å². The molecule has 0 spiro atoms. The number of aromatic amines is 1. The van der Waals surface area contributed by atoms with Gasteiger partial charge in [0.1, 0.15) is 11.4 Å². The van der Waals surface area contributed by atoms with Crippen molar-refractivity contribution in [2.75, 3.05) is 0 Å². The van der Waals surface area contributed by atoms with Crippen LogP contribution in [0.25, 0.3) is 17.1 Å². The highest BCUT2D eigenvalue weighted by molar-refractivity contribution is 5.62. The highest BCUT2D eigenvalue weighted by atomic mass is 16.1. The fourth-order valence-electron chi connectivity index (χ4n) is 3.10. The van der Waals surface area contributed by atoms with Gasteiger partial charge in [-0.05, 0) is 24.5 Å². The molecule has 0 fully saturated rings. The number of nitrogens with one attached hydrogen (secondary N) is 1. The number of unbranched alkanes of at least 4 members (excludes halogenated alkanes) is 3. The molecule has 0 atom stereocenters. The van der Waals surface area contributed by atoms with E-state index in [-0.39, 0.29) is 11.5 Å². The number of aryl methyl sites for hydroxylation is 1. The predicted octanol–water partition coefficient (Wildman–Crippen LogP) is 4.31. The highest BCUT2D eigenvalue weighted by Crippen LogP contribution is 2.28. The fraction of sp³-hybridized carbons (Fsp3) is 0.450. The summed E-state index contributed by atoms with van der Waals surface area (Å²) in [7, 11) is 0. The molecule has 5 nitrogen and oxygen atoms in total. The molecule has 1 aromatic rings. The van der Waals surface area contributed by atoms with Gasteiger partial charge in [-0.2, -0.15) is 4.98 Å². The summed E-state index contributed by atoms with van der Waals surface area (Å²) in [6.07, 6.45) is 5.32. The second kappa shape index (κ2) is 7.64. The molecular weight excluding hydrogens is 312 g/mol. The van der Waals surface area contributed by atoms with Gasteiger partial charge in [0, 0.05) is 6.42 Å². The number of para-hydroxylation sites is 1. The normalized spacial score (nSPS) is 11.5. The quantitative estimate of drug-likeness (QED) is 0.653. The molecule has 0 radical (unpaired) electrons. The summed E-state index contributed by atoms with van der Waals surface area (Å²) in [5, 5.41) is 3.36. The minimum atomic E-state index is -0.176. The van der Waals surface area contributed by atoms with Gasteiger partial charge in [0.05, 0.1) is 11.4 Å². The molecule has 2 heterocycles. The van der Waals surface area contributed by atoms with Gasteiger partial charge in [-0.3, -0.25) is 9.89 Å². The molecule has 2 aliphatic rings. The number of aromatic nitrogens is 4. The van der Waals surface area contributed by atoms with Crippen molar-refractivity contribution in [3.63, 3.8) is 0 Å². The van der Waals surface area contributed by atoms with Crippen molar-refractivity contribution < 1.29 is 0 Å². The predicted molar refractivity (Wildman–Crippen MR) is 101 cm³/mol. The van der Waals surface area contributed by atoms with Crippen molar-refractivity contribution in [1.82, 2.24) is 19.7 Å². The third-order valence-electron chi connectivity index (χ3n) is 4.46. The second-order valence-electron chi connectivity index (χ2n) is 6.81. The average molecular weight is 338 g/mol. The van der Waals surface area contributed by atoms with Gasteiger partial charge < -0.3 is 0 Å². The highest BCUT2D eigenvalue weighted by Gasteiger charge is 2.24. The van der Waals surface area contributed by atoms with Gasteiger partial charge in [0.15, 0.2) is 5.82 Å². The smallest absolute Gasteiger partial charge is 0.284 e. The Morgan fingerprint density at radius 2 is 1.84 bits per heavy atom. The fourth-order valence-corrected chi connectivity index (χ4v) is 3.10. The molecule has 0 aliphatic carbocycles. The van der Waals surface area contributed by atoms with Gasteiger partial charge in [-0.15, -0.1) is 0 Å².